The first-order valence-electron chi connectivity index (χ1n) is 10.7. The number of piperidine rings is 1. The van der Waals surface area contributed by atoms with Crippen LogP contribution in [0.5, 0.6) is 0 Å². The van der Waals surface area contributed by atoms with Crippen molar-refractivity contribution in [3.05, 3.63) is 0 Å². The third-order valence-corrected chi connectivity index (χ3v) is 9.06. The topological polar surface area (TPSA) is 29.5 Å². The molecule has 4 rings (SSSR count). The lowest BCUT2D eigenvalue weighted by atomic mass is 9.45. The molecule has 4 fully saturated rings. The van der Waals surface area contributed by atoms with Crippen molar-refractivity contribution >= 4 is 5.91 Å². The van der Waals surface area contributed by atoms with Gasteiger partial charge in [-0.05, 0) is 80.0 Å². The van der Waals surface area contributed by atoms with Crippen LogP contribution in [-0.4, -0.2) is 36.6 Å². The zero-order valence-electron chi connectivity index (χ0n) is 16.9. The number of rotatable bonds is 2. The summed E-state index contributed by atoms with van der Waals surface area (Å²) in [6.07, 6.45) is 8.78. The third kappa shape index (κ3) is 2.51. The Labute approximate surface area is 153 Å². The normalized spacial score (nSPS) is 52.5. The van der Waals surface area contributed by atoms with Crippen molar-refractivity contribution in [3.63, 3.8) is 0 Å². The van der Waals surface area contributed by atoms with E-state index in [1.165, 1.54) is 32.1 Å². The summed E-state index contributed by atoms with van der Waals surface area (Å²) in [6.45, 7) is 10.5. The fourth-order valence-electron chi connectivity index (χ4n) is 7.82. The van der Waals surface area contributed by atoms with E-state index < -0.39 is 0 Å². The van der Waals surface area contributed by atoms with Crippen LogP contribution in [-0.2, 0) is 9.53 Å². The van der Waals surface area contributed by atoms with E-state index >= 15 is 0 Å². The number of amides is 1. The number of hydrogen-bond donors (Lipinski definition) is 0. The van der Waals surface area contributed by atoms with Gasteiger partial charge in [-0.1, -0.05) is 20.8 Å². The number of ether oxygens (including phenoxy) is 1. The lowest BCUT2D eigenvalue weighted by Crippen LogP contribution is -2.62. The second-order valence-corrected chi connectivity index (χ2v) is 10.2. The maximum atomic E-state index is 12.3. The fourth-order valence-corrected chi connectivity index (χ4v) is 7.82. The lowest BCUT2D eigenvalue weighted by Gasteiger charge is -2.63. The van der Waals surface area contributed by atoms with Gasteiger partial charge in [-0.2, -0.15) is 0 Å². The average molecular weight is 348 g/mol. The zero-order chi connectivity index (χ0) is 18.0. The highest BCUT2D eigenvalue weighted by molar-refractivity contribution is 5.77. The van der Waals surface area contributed by atoms with Crippen molar-refractivity contribution in [1.82, 2.24) is 4.90 Å². The van der Waals surface area contributed by atoms with Crippen LogP contribution >= 0.6 is 0 Å². The van der Waals surface area contributed by atoms with Crippen LogP contribution in [0.1, 0.15) is 72.6 Å². The monoisotopic (exact) mass is 347 g/mol. The van der Waals surface area contributed by atoms with E-state index in [4.69, 9.17) is 4.74 Å². The van der Waals surface area contributed by atoms with E-state index in [-0.39, 0.29) is 0 Å². The molecule has 4 aliphatic rings. The molecule has 0 bridgehead atoms. The number of carbonyl (C=O) groups excluding carboxylic acids is 1. The largest absolute Gasteiger partial charge is 0.378 e. The predicted molar refractivity (Wildman–Crippen MR) is 100 cm³/mol. The Hall–Kier alpha value is -0.570. The standard InChI is InChI=1S/C22H37NO2/c1-6-25-15-12-17-20-14(2)11-18-22(4,10-8-19(24)23(18)5)16(20)7-9-21(17,3)13-15/h14-18,20H,6-13H2,1-5H3/t14-,15-,16-,17-,18+,20+,21+,22+/m0/s1. The first-order chi connectivity index (χ1) is 11.8. The van der Waals surface area contributed by atoms with Gasteiger partial charge in [0.05, 0.1) is 6.10 Å². The molecule has 1 amide bonds. The number of hydrogen-bond acceptors (Lipinski definition) is 2. The fraction of sp³-hybridized carbons (Fsp3) is 0.955. The van der Waals surface area contributed by atoms with E-state index in [9.17, 15) is 4.79 Å². The van der Waals surface area contributed by atoms with Gasteiger partial charge in [0.25, 0.3) is 0 Å². The summed E-state index contributed by atoms with van der Waals surface area (Å²) in [7, 11) is 2.06. The molecule has 25 heavy (non-hydrogen) atoms. The minimum atomic E-state index is 0.324. The quantitative estimate of drug-likeness (QED) is 0.736. The van der Waals surface area contributed by atoms with Gasteiger partial charge < -0.3 is 9.64 Å². The Balaban J connectivity index is 1.64. The van der Waals surface area contributed by atoms with Gasteiger partial charge in [0.1, 0.15) is 0 Å². The van der Waals surface area contributed by atoms with Crippen LogP contribution in [0.3, 0.4) is 0 Å². The van der Waals surface area contributed by atoms with Crippen LogP contribution in [0.25, 0.3) is 0 Å². The Bertz CT molecular complexity index is 548. The summed E-state index contributed by atoms with van der Waals surface area (Å²) in [5, 5.41) is 0. The Morgan fingerprint density at radius 1 is 1.20 bits per heavy atom. The summed E-state index contributed by atoms with van der Waals surface area (Å²) < 4.78 is 6.08. The molecule has 1 heterocycles. The molecule has 1 aliphatic heterocycles. The van der Waals surface area contributed by atoms with Crippen molar-refractivity contribution in [3.8, 4) is 0 Å². The van der Waals surface area contributed by atoms with E-state index in [2.05, 4.69) is 39.6 Å². The van der Waals surface area contributed by atoms with Gasteiger partial charge in [0.2, 0.25) is 5.91 Å². The molecule has 0 spiro atoms. The second-order valence-electron chi connectivity index (χ2n) is 10.2. The van der Waals surface area contributed by atoms with E-state index in [1.54, 1.807) is 0 Å². The molecule has 0 unspecified atom stereocenters. The van der Waals surface area contributed by atoms with Crippen LogP contribution < -0.4 is 0 Å². The highest BCUT2D eigenvalue weighted by atomic mass is 16.5. The highest BCUT2D eigenvalue weighted by Crippen LogP contribution is 2.66. The SMILES string of the molecule is CCO[C@H]1C[C@H]2[C@@H]3[C@@H](C)C[C@H]4N(C)C(=O)CC[C@]4(C)[C@H]3CC[C@]2(C)C1. The van der Waals surface area contributed by atoms with Crippen LogP contribution in [0, 0.1) is 34.5 Å². The number of carbonyl (C=O) groups is 1. The van der Waals surface area contributed by atoms with Gasteiger partial charge in [-0.3, -0.25) is 4.79 Å². The smallest absolute Gasteiger partial charge is 0.222 e. The lowest BCUT2D eigenvalue weighted by molar-refractivity contribution is -0.164. The molecular weight excluding hydrogens is 310 g/mol. The first kappa shape index (κ1) is 17.8. The maximum Gasteiger partial charge on any atom is 0.222 e. The molecule has 142 valence electrons. The van der Waals surface area contributed by atoms with Crippen molar-refractivity contribution in [2.75, 3.05) is 13.7 Å². The van der Waals surface area contributed by atoms with Crippen LogP contribution in [0.15, 0.2) is 0 Å². The summed E-state index contributed by atoms with van der Waals surface area (Å²) in [5.74, 6) is 3.52. The van der Waals surface area contributed by atoms with Gasteiger partial charge in [0.15, 0.2) is 0 Å². The average Bonchev–Trinajstić information content (AvgIpc) is 2.90. The Morgan fingerprint density at radius 3 is 2.68 bits per heavy atom. The van der Waals surface area contributed by atoms with Gasteiger partial charge in [0, 0.05) is 26.1 Å². The molecule has 3 saturated carbocycles. The molecule has 0 aromatic carbocycles. The summed E-state index contributed by atoms with van der Waals surface area (Å²) in [4.78, 5) is 14.4. The van der Waals surface area contributed by atoms with Crippen LogP contribution in [0.4, 0.5) is 0 Å². The molecule has 1 saturated heterocycles. The molecule has 0 N–H and O–H groups in total. The van der Waals surface area contributed by atoms with E-state index in [0.29, 0.717) is 28.9 Å². The molecule has 3 nitrogen and oxygen atoms in total. The predicted octanol–water partition coefficient (Wildman–Crippen LogP) is 4.50. The molecule has 0 aromatic heterocycles. The minimum absolute atomic E-state index is 0.324. The minimum Gasteiger partial charge on any atom is -0.378 e. The van der Waals surface area contributed by atoms with Gasteiger partial charge in [-0.15, -0.1) is 0 Å². The molecule has 8 atom stereocenters. The number of nitrogens with zero attached hydrogens (tertiary/aromatic N) is 1. The molecule has 0 aromatic rings. The summed E-state index contributed by atoms with van der Waals surface area (Å²) in [5.41, 5.74) is 0.805. The number of likely N-dealkylation sites (tertiary alicyclic amines) is 1. The Kier molecular flexibility index (Phi) is 4.26. The van der Waals surface area contributed by atoms with Crippen LogP contribution in [0.2, 0.25) is 0 Å². The summed E-state index contributed by atoms with van der Waals surface area (Å²) in [6, 6.07) is 0.457. The highest BCUT2D eigenvalue weighted by Gasteiger charge is 2.62. The molecule has 0 radical (unpaired) electrons. The maximum absolute atomic E-state index is 12.3. The van der Waals surface area contributed by atoms with Crippen molar-refractivity contribution in [2.45, 2.75) is 84.8 Å². The molecule has 3 heteroatoms. The Morgan fingerprint density at radius 2 is 1.96 bits per heavy atom. The van der Waals surface area contributed by atoms with E-state index in [1.807, 2.05) is 0 Å². The molecule has 3 aliphatic carbocycles. The van der Waals surface area contributed by atoms with Crippen molar-refractivity contribution in [2.24, 2.45) is 34.5 Å². The summed E-state index contributed by atoms with van der Waals surface area (Å²) >= 11 is 0. The van der Waals surface area contributed by atoms with Gasteiger partial charge in [-0.25, -0.2) is 0 Å². The third-order valence-electron chi connectivity index (χ3n) is 9.06. The second kappa shape index (κ2) is 5.97. The van der Waals surface area contributed by atoms with Crippen molar-refractivity contribution in [1.29, 1.82) is 0 Å². The van der Waals surface area contributed by atoms with Gasteiger partial charge >= 0.3 is 0 Å². The number of fused-ring (bicyclic) bond motifs is 5. The molecular formula is C22H37NO2. The first-order valence-corrected chi connectivity index (χ1v) is 10.7. The van der Waals surface area contributed by atoms with E-state index in [0.717, 1.165) is 43.1 Å². The zero-order valence-corrected chi connectivity index (χ0v) is 16.9. The van der Waals surface area contributed by atoms with Crippen molar-refractivity contribution < 1.29 is 9.53 Å².